The van der Waals surface area contributed by atoms with Crippen LogP contribution in [0.3, 0.4) is 0 Å². The third-order valence-electron chi connectivity index (χ3n) is 2.91. The van der Waals surface area contributed by atoms with Crippen LogP contribution >= 0.6 is 0 Å². The standard InChI is InChI=1S/C8H16N2/c1-6-8-2-7(4-10-6)3-9-5-8/h6-10H,2-5H2,1H3/t6-,7+,8+/m1/s1. The fraction of sp³-hybridized carbons (Fsp3) is 1.00. The molecule has 0 amide bonds. The molecule has 0 aromatic carbocycles. The van der Waals surface area contributed by atoms with Gasteiger partial charge in [-0.05, 0) is 44.8 Å². The van der Waals surface area contributed by atoms with Crippen LogP contribution in [0.1, 0.15) is 13.3 Å². The van der Waals surface area contributed by atoms with Crippen LogP contribution in [0.2, 0.25) is 0 Å². The Bertz CT molecular complexity index is 122. The largest absolute Gasteiger partial charge is 0.316 e. The monoisotopic (exact) mass is 140 g/mol. The van der Waals surface area contributed by atoms with Gasteiger partial charge in [0.25, 0.3) is 0 Å². The summed E-state index contributed by atoms with van der Waals surface area (Å²) in [5.41, 5.74) is 0. The van der Waals surface area contributed by atoms with E-state index in [9.17, 15) is 0 Å². The zero-order valence-electron chi connectivity index (χ0n) is 6.56. The maximum atomic E-state index is 3.54. The predicted molar refractivity (Wildman–Crippen MR) is 41.9 cm³/mol. The van der Waals surface area contributed by atoms with Gasteiger partial charge >= 0.3 is 0 Å². The highest BCUT2D eigenvalue weighted by Gasteiger charge is 2.29. The van der Waals surface area contributed by atoms with Crippen LogP contribution in [-0.4, -0.2) is 25.7 Å². The summed E-state index contributed by atoms with van der Waals surface area (Å²) in [5, 5.41) is 7.02. The van der Waals surface area contributed by atoms with Gasteiger partial charge in [0.15, 0.2) is 0 Å². The van der Waals surface area contributed by atoms with Crippen molar-refractivity contribution in [3.05, 3.63) is 0 Å². The van der Waals surface area contributed by atoms with E-state index in [1.54, 1.807) is 0 Å². The molecule has 58 valence electrons. The van der Waals surface area contributed by atoms with E-state index in [0.29, 0.717) is 0 Å². The van der Waals surface area contributed by atoms with Gasteiger partial charge in [0.2, 0.25) is 0 Å². The zero-order chi connectivity index (χ0) is 6.97. The Kier molecular flexibility index (Phi) is 1.66. The van der Waals surface area contributed by atoms with Gasteiger partial charge in [-0.15, -0.1) is 0 Å². The van der Waals surface area contributed by atoms with Gasteiger partial charge in [-0.25, -0.2) is 0 Å². The molecule has 0 spiro atoms. The molecule has 0 aromatic heterocycles. The second-order valence-electron chi connectivity index (χ2n) is 3.72. The first-order valence-corrected chi connectivity index (χ1v) is 4.30. The first-order valence-electron chi connectivity index (χ1n) is 4.30. The lowest BCUT2D eigenvalue weighted by Gasteiger charge is -2.39. The first-order chi connectivity index (χ1) is 4.86. The number of piperidine rings is 2. The highest BCUT2D eigenvalue weighted by atomic mass is 15.0. The lowest BCUT2D eigenvalue weighted by Crippen LogP contribution is -2.53. The Morgan fingerprint density at radius 1 is 1.20 bits per heavy atom. The molecule has 2 fully saturated rings. The summed E-state index contributed by atoms with van der Waals surface area (Å²) in [7, 11) is 0. The maximum absolute atomic E-state index is 3.54. The van der Waals surface area contributed by atoms with Crippen LogP contribution in [-0.2, 0) is 0 Å². The quantitative estimate of drug-likeness (QED) is 0.502. The summed E-state index contributed by atoms with van der Waals surface area (Å²) < 4.78 is 0. The van der Waals surface area contributed by atoms with Crippen molar-refractivity contribution in [2.45, 2.75) is 19.4 Å². The van der Waals surface area contributed by atoms with Gasteiger partial charge in [-0.3, -0.25) is 0 Å². The number of hydrogen-bond donors (Lipinski definition) is 2. The molecule has 0 saturated carbocycles. The van der Waals surface area contributed by atoms with E-state index in [4.69, 9.17) is 0 Å². The molecule has 2 bridgehead atoms. The molecule has 0 unspecified atom stereocenters. The first kappa shape index (κ1) is 6.62. The van der Waals surface area contributed by atoms with E-state index >= 15 is 0 Å². The Morgan fingerprint density at radius 2 is 2.10 bits per heavy atom. The summed E-state index contributed by atoms with van der Waals surface area (Å²) in [6.45, 7) is 5.99. The van der Waals surface area contributed by atoms with Crippen molar-refractivity contribution < 1.29 is 0 Å². The van der Waals surface area contributed by atoms with E-state index in [0.717, 1.165) is 17.9 Å². The SMILES string of the molecule is C[C@H]1NC[C@@H]2CNC[C@@H]1C2. The molecular formula is C8H16N2. The molecule has 2 heterocycles. The van der Waals surface area contributed by atoms with E-state index in [2.05, 4.69) is 17.6 Å². The van der Waals surface area contributed by atoms with Gasteiger partial charge in [-0.1, -0.05) is 0 Å². The van der Waals surface area contributed by atoms with Gasteiger partial charge in [0.1, 0.15) is 0 Å². The molecular weight excluding hydrogens is 124 g/mol. The van der Waals surface area contributed by atoms with Gasteiger partial charge in [0.05, 0.1) is 0 Å². The predicted octanol–water partition coefficient (Wildman–Crippen LogP) is 0.204. The van der Waals surface area contributed by atoms with Crippen LogP contribution in [0.5, 0.6) is 0 Å². The highest BCUT2D eigenvalue weighted by Crippen LogP contribution is 2.23. The summed E-state index contributed by atoms with van der Waals surface area (Å²) in [6, 6.07) is 0.740. The molecule has 3 atom stereocenters. The van der Waals surface area contributed by atoms with Crippen molar-refractivity contribution in [2.24, 2.45) is 11.8 Å². The third kappa shape index (κ3) is 1.06. The van der Waals surface area contributed by atoms with Crippen LogP contribution < -0.4 is 10.6 Å². The van der Waals surface area contributed by atoms with Crippen molar-refractivity contribution in [3.63, 3.8) is 0 Å². The zero-order valence-corrected chi connectivity index (χ0v) is 6.56. The second kappa shape index (κ2) is 2.51. The van der Waals surface area contributed by atoms with E-state index in [1.807, 2.05) is 0 Å². The summed E-state index contributed by atoms with van der Waals surface area (Å²) in [4.78, 5) is 0. The molecule has 2 nitrogen and oxygen atoms in total. The molecule has 2 aliphatic rings. The second-order valence-corrected chi connectivity index (χ2v) is 3.72. The fourth-order valence-corrected chi connectivity index (χ4v) is 2.12. The molecule has 2 rings (SSSR count). The smallest absolute Gasteiger partial charge is 0.00793 e. The number of hydrogen-bond acceptors (Lipinski definition) is 2. The normalized spacial score (nSPS) is 47.1. The van der Waals surface area contributed by atoms with Crippen molar-refractivity contribution in [2.75, 3.05) is 19.6 Å². The van der Waals surface area contributed by atoms with Crippen molar-refractivity contribution in [1.82, 2.24) is 10.6 Å². The Balaban J connectivity index is 2.00. The molecule has 2 saturated heterocycles. The lowest BCUT2D eigenvalue weighted by atomic mass is 9.82. The molecule has 10 heavy (non-hydrogen) atoms. The summed E-state index contributed by atoms with van der Waals surface area (Å²) in [5.74, 6) is 1.81. The van der Waals surface area contributed by atoms with Crippen LogP contribution in [0.4, 0.5) is 0 Å². The Morgan fingerprint density at radius 3 is 2.90 bits per heavy atom. The number of nitrogens with one attached hydrogen (secondary N) is 2. The summed E-state index contributed by atoms with van der Waals surface area (Å²) in [6.07, 6.45) is 1.45. The van der Waals surface area contributed by atoms with E-state index < -0.39 is 0 Å². The summed E-state index contributed by atoms with van der Waals surface area (Å²) >= 11 is 0. The van der Waals surface area contributed by atoms with E-state index in [1.165, 1.54) is 26.1 Å². The Hall–Kier alpha value is -0.0800. The fourth-order valence-electron chi connectivity index (χ4n) is 2.12. The average Bonchev–Trinajstić information content (AvgIpc) is 1.99. The van der Waals surface area contributed by atoms with Gasteiger partial charge in [0, 0.05) is 6.04 Å². The van der Waals surface area contributed by atoms with Crippen molar-refractivity contribution in [1.29, 1.82) is 0 Å². The molecule has 0 aliphatic carbocycles. The molecule has 2 heteroatoms. The molecule has 2 aliphatic heterocycles. The van der Waals surface area contributed by atoms with Gasteiger partial charge in [-0.2, -0.15) is 0 Å². The van der Waals surface area contributed by atoms with Crippen LogP contribution in [0.25, 0.3) is 0 Å². The molecule has 0 radical (unpaired) electrons. The Labute approximate surface area is 62.4 Å². The number of rotatable bonds is 0. The van der Waals surface area contributed by atoms with Crippen molar-refractivity contribution in [3.8, 4) is 0 Å². The minimum absolute atomic E-state index is 0.740. The molecule has 2 N–H and O–H groups in total. The lowest BCUT2D eigenvalue weighted by molar-refractivity contribution is 0.179. The van der Waals surface area contributed by atoms with E-state index in [-0.39, 0.29) is 0 Å². The van der Waals surface area contributed by atoms with Crippen molar-refractivity contribution >= 4 is 0 Å². The molecule has 0 aromatic rings. The van der Waals surface area contributed by atoms with Gasteiger partial charge < -0.3 is 10.6 Å². The third-order valence-corrected chi connectivity index (χ3v) is 2.91. The maximum Gasteiger partial charge on any atom is 0.00793 e. The topological polar surface area (TPSA) is 24.1 Å². The van der Waals surface area contributed by atoms with Crippen LogP contribution in [0.15, 0.2) is 0 Å². The van der Waals surface area contributed by atoms with Crippen LogP contribution in [0, 0.1) is 11.8 Å². The minimum atomic E-state index is 0.740. The minimum Gasteiger partial charge on any atom is -0.316 e. The highest BCUT2D eigenvalue weighted by molar-refractivity contribution is 4.88. The number of fused-ring (bicyclic) bond motifs is 2. The average molecular weight is 140 g/mol.